The number of nitriles is 1. The number of nitrogens with zero attached hydrogens (tertiary/aromatic N) is 6. The first-order valence-corrected chi connectivity index (χ1v) is 10.9. The van der Waals surface area contributed by atoms with Crippen LogP contribution in [0.15, 0.2) is 84.4 Å². The van der Waals surface area contributed by atoms with Crippen molar-refractivity contribution in [1.82, 2.24) is 19.8 Å². The normalized spacial score (nSPS) is 11.1. The molecule has 0 unspecified atom stereocenters. The van der Waals surface area contributed by atoms with Crippen molar-refractivity contribution in [3.05, 3.63) is 101 Å². The molecule has 8 heteroatoms. The van der Waals surface area contributed by atoms with Crippen molar-refractivity contribution in [2.45, 2.75) is 6.42 Å². The van der Waals surface area contributed by atoms with E-state index in [1.807, 2.05) is 48.5 Å². The highest BCUT2D eigenvalue weighted by Gasteiger charge is 2.14. The molecule has 0 fully saturated rings. The minimum Gasteiger partial charge on any atom is -0.277 e. The standard InChI is InChI=1S/C26H21ClN6O/c1-32-26(31-33(18-34)15-12-19-2-4-20(16-28)5-3-19)25(22-10-13-29-14-11-22)24(17-30-32)21-6-8-23(27)9-7-21/h2-11,13-14,17-18H,12,15H2,1H3/b31-26-. The Kier molecular flexibility index (Phi) is 7.11. The molecule has 4 rings (SSSR count). The number of aryl methyl sites for hydroxylation is 1. The third kappa shape index (κ3) is 5.20. The van der Waals surface area contributed by atoms with E-state index in [4.69, 9.17) is 16.9 Å². The van der Waals surface area contributed by atoms with Gasteiger partial charge in [-0.3, -0.25) is 9.78 Å². The number of carbonyl (C=O) groups excluding carboxylic acids is 1. The lowest BCUT2D eigenvalue weighted by Crippen LogP contribution is -2.30. The summed E-state index contributed by atoms with van der Waals surface area (Å²) in [6.07, 6.45) is 6.50. The third-order valence-electron chi connectivity index (χ3n) is 5.34. The molecule has 0 radical (unpaired) electrons. The molecule has 168 valence electrons. The molecule has 2 aromatic heterocycles. The smallest absolute Gasteiger partial charge is 0.229 e. The molecule has 0 bridgehead atoms. The average Bonchev–Trinajstić information content (AvgIpc) is 2.88. The molecule has 0 spiro atoms. The van der Waals surface area contributed by atoms with Crippen LogP contribution in [0, 0.1) is 11.3 Å². The summed E-state index contributed by atoms with van der Waals surface area (Å²) in [5, 5.41) is 20.1. The molecule has 0 atom stereocenters. The van der Waals surface area contributed by atoms with Crippen LogP contribution in [0.25, 0.3) is 22.3 Å². The molecule has 2 heterocycles. The zero-order valence-corrected chi connectivity index (χ0v) is 19.2. The van der Waals surface area contributed by atoms with Crippen LogP contribution < -0.4 is 5.49 Å². The summed E-state index contributed by atoms with van der Waals surface area (Å²) in [7, 11) is 1.79. The van der Waals surface area contributed by atoms with Gasteiger partial charge in [-0.1, -0.05) is 35.9 Å². The number of pyridine rings is 1. The lowest BCUT2D eigenvalue weighted by molar-refractivity contribution is -0.118. The summed E-state index contributed by atoms with van der Waals surface area (Å²) in [4.78, 5) is 16.0. The highest BCUT2D eigenvalue weighted by atomic mass is 35.5. The Balaban J connectivity index is 1.78. The van der Waals surface area contributed by atoms with Crippen molar-refractivity contribution in [1.29, 1.82) is 5.26 Å². The number of carbonyl (C=O) groups is 1. The van der Waals surface area contributed by atoms with Crippen molar-refractivity contribution >= 4 is 18.0 Å². The second kappa shape index (κ2) is 10.6. The maximum atomic E-state index is 11.9. The summed E-state index contributed by atoms with van der Waals surface area (Å²) in [5.74, 6) is 0. The lowest BCUT2D eigenvalue weighted by atomic mass is 9.98. The first-order valence-electron chi connectivity index (χ1n) is 10.6. The maximum Gasteiger partial charge on any atom is 0.229 e. The van der Waals surface area contributed by atoms with Gasteiger partial charge in [0.25, 0.3) is 0 Å². The molecule has 7 nitrogen and oxygen atoms in total. The minimum absolute atomic E-state index is 0.371. The highest BCUT2D eigenvalue weighted by molar-refractivity contribution is 6.30. The number of aromatic nitrogens is 3. The maximum absolute atomic E-state index is 11.9. The summed E-state index contributed by atoms with van der Waals surface area (Å²) >= 11 is 6.09. The highest BCUT2D eigenvalue weighted by Crippen LogP contribution is 2.29. The summed E-state index contributed by atoms with van der Waals surface area (Å²) in [6, 6.07) is 20.7. The molecule has 1 amide bonds. The Hall–Kier alpha value is -4.28. The van der Waals surface area contributed by atoms with E-state index in [9.17, 15) is 4.79 Å². The Bertz CT molecular complexity index is 1390. The van der Waals surface area contributed by atoms with E-state index in [1.54, 1.807) is 42.5 Å². The number of halogens is 1. The first kappa shape index (κ1) is 22.9. The van der Waals surface area contributed by atoms with E-state index in [0.717, 1.165) is 27.8 Å². The van der Waals surface area contributed by atoms with Crippen LogP contribution in [0.5, 0.6) is 0 Å². The first-order chi connectivity index (χ1) is 16.6. The molecule has 0 saturated carbocycles. The van der Waals surface area contributed by atoms with E-state index >= 15 is 0 Å². The molecule has 0 aliphatic carbocycles. The molecule has 0 saturated heterocycles. The van der Waals surface area contributed by atoms with Crippen LogP contribution >= 0.6 is 11.6 Å². The van der Waals surface area contributed by atoms with Crippen molar-refractivity contribution in [3.63, 3.8) is 0 Å². The summed E-state index contributed by atoms with van der Waals surface area (Å²) < 4.78 is 1.65. The van der Waals surface area contributed by atoms with Gasteiger partial charge in [-0.15, -0.1) is 5.10 Å². The van der Waals surface area contributed by atoms with E-state index in [2.05, 4.69) is 21.3 Å². The van der Waals surface area contributed by atoms with Gasteiger partial charge >= 0.3 is 0 Å². The molecule has 0 aliphatic rings. The minimum atomic E-state index is 0.371. The van der Waals surface area contributed by atoms with Crippen molar-refractivity contribution in [2.75, 3.05) is 6.54 Å². The SMILES string of the molecule is Cn1ncc(-c2ccc(Cl)cc2)c(-c2ccncc2)/c1=N/N(C=O)CCc1ccc(C#N)cc1. The molecule has 2 aromatic carbocycles. The van der Waals surface area contributed by atoms with Crippen molar-refractivity contribution in [3.8, 4) is 28.3 Å². The fourth-order valence-corrected chi connectivity index (χ4v) is 3.68. The van der Waals surface area contributed by atoms with E-state index < -0.39 is 0 Å². The molecule has 0 aliphatic heterocycles. The Morgan fingerprint density at radius 1 is 1.06 bits per heavy atom. The van der Waals surface area contributed by atoms with Crippen LogP contribution in [0.2, 0.25) is 5.02 Å². The number of hydrogen-bond acceptors (Lipinski definition) is 5. The Morgan fingerprint density at radius 3 is 2.41 bits per heavy atom. The monoisotopic (exact) mass is 468 g/mol. The number of rotatable bonds is 7. The molecule has 34 heavy (non-hydrogen) atoms. The second-order valence-corrected chi connectivity index (χ2v) is 7.99. The zero-order valence-electron chi connectivity index (χ0n) is 18.5. The molecule has 0 N–H and O–H groups in total. The predicted octanol–water partition coefficient (Wildman–Crippen LogP) is 4.19. The summed E-state index contributed by atoms with van der Waals surface area (Å²) in [6.45, 7) is 0.371. The van der Waals surface area contributed by atoms with Gasteiger partial charge < -0.3 is 0 Å². The van der Waals surface area contributed by atoms with Gasteiger partial charge in [0.2, 0.25) is 6.41 Å². The third-order valence-corrected chi connectivity index (χ3v) is 5.59. The quantitative estimate of drug-likeness (QED) is 0.300. The van der Waals surface area contributed by atoms with Gasteiger partial charge in [-0.05, 0) is 59.5 Å². The van der Waals surface area contributed by atoms with Crippen molar-refractivity contribution < 1.29 is 4.79 Å². The van der Waals surface area contributed by atoms with Crippen LogP contribution in [0.1, 0.15) is 11.1 Å². The summed E-state index contributed by atoms with van der Waals surface area (Å²) in [5.41, 5.74) is 5.65. The van der Waals surface area contributed by atoms with Crippen molar-refractivity contribution in [2.24, 2.45) is 12.1 Å². The fraction of sp³-hybridized carbons (Fsp3) is 0.115. The average molecular weight is 469 g/mol. The fourth-order valence-electron chi connectivity index (χ4n) is 3.55. The van der Waals surface area contributed by atoms with E-state index in [0.29, 0.717) is 35.4 Å². The topological polar surface area (TPSA) is 87.2 Å². The largest absolute Gasteiger partial charge is 0.277 e. The van der Waals surface area contributed by atoms with Gasteiger partial charge in [0, 0.05) is 42.1 Å². The van der Waals surface area contributed by atoms with Crippen LogP contribution in [0.3, 0.4) is 0 Å². The Labute approximate surface area is 202 Å². The Morgan fingerprint density at radius 2 is 1.76 bits per heavy atom. The van der Waals surface area contributed by atoms with E-state index in [1.165, 1.54) is 5.01 Å². The van der Waals surface area contributed by atoms with Gasteiger partial charge in [-0.25, -0.2) is 9.69 Å². The lowest BCUT2D eigenvalue weighted by Gasteiger charge is -2.16. The van der Waals surface area contributed by atoms with Gasteiger partial charge in [0.1, 0.15) is 0 Å². The number of benzene rings is 2. The van der Waals surface area contributed by atoms with Crippen LogP contribution in [-0.4, -0.2) is 32.7 Å². The number of amides is 1. The van der Waals surface area contributed by atoms with Crippen LogP contribution in [-0.2, 0) is 18.3 Å². The predicted molar refractivity (Wildman–Crippen MR) is 130 cm³/mol. The molecular weight excluding hydrogens is 448 g/mol. The molecular formula is C26H21ClN6O. The van der Waals surface area contributed by atoms with Gasteiger partial charge in [-0.2, -0.15) is 10.4 Å². The van der Waals surface area contributed by atoms with Gasteiger partial charge in [0.15, 0.2) is 5.49 Å². The number of hydrogen-bond donors (Lipinski definition) is 0. The van der Waals surface area contributed by atoms with E-state index in [-0.39, 0.29) is 0 Å². The zero-order chi connectivity index (χ0) is 23.9. The van der Waals surface area contributed by atoms with Crippen LogP contribution in [0.4, 0.5) is 0 Å². The second-order valence-electron chi connectivity index (χ2n) is 7.55. The van der Waals surface area contributed by atoms with Gasteiger partial charge in [0.05, 0.1) is 17.8 Å². The molecule has 4 aromatic rings.